The monoisotopic (exact) mass is 650 g/mol. The van der Waals surface area contributed by atoms with Gasteiger partial charge in [0.2, 0.25) is 0 Å². The van der Waals surface area contributed by atoms with Gasteiger partial charge in [-0.15, -0.1) is 0 Å². The molecule has 8 nitrogen and oxygen atoms in total. The first-order valence-corrected chi connectivity index (χ1v) is 17.1. The van der Waals surface area contributed by atoms with Crippen LogP contribution < -0.4 is 0 Å². The molecular formula is C40H58N8. The summed E-state index contributed by atoms with van der Waals surface area (Å²) < 4.78 is 0. The first-order chi connectivity index (χ1) is 23.3. The molecule has 0 aliphatic heterocycles. The number of aromatic nitrogens is 8. The van der Waals surface area contributed by atoms with Gasteiger partial charge in [0.25, 0.3) is 0 Å². The number of hydrogen-bond acceptors (Lipinski definition) is 8. The van der Waals surface area contributed by atoms with Crippen LogP contribution in [0.4, 0.5) is 0 Å². The van der Waals surface area contributed by atoms with Crippen molar-refractivity contribution in [1.29, 1.82) is 0 Å². The van der Waals surface area contributed by atoms with Gasteiger partial charge in [0.05, 0.1) is 40.3 Å². The van der Waals surface area contributed by atoms with Crippen molar-refractivity contribution < 1.29 is 0 Å². The van der Waals surface area contributed by atoms with Crippen molar-refractivity contribution in [3.05, 3.63) is 120 Å². The fourth-order valence-corrected chi connectivity index (χ4v) is 2.92. The largest absolute Gasteiger partial charge is 0.261 e. The molecule has 0 amide bonds. The molecule has 0 saturated carbocycles. The van der Waals surface area contributed by atoms with Gasteiger partial charge in [-0.25, -0.2) is 4.98 Å². The summed E-state index contributed by atoms with van der Waals surface area (Å²) in [6.07, 6.45) is 19.9. The van der Waals surface area contributed by atoms with Gasteiger partial charge in [0, 0.05) is 36.4 Å². The predicted octanol–water partition coefficient (Wildman–Crippen LogP) is 10.9. The first-order valence-electron chi connectivity index (χ1n) is 17.1. The Bertz CT molecular complexity index is 1510. The molecule has 0 aliphatic rings. The molecule has 0 radical (unpaired) electrons. The Hall–Kier alpha value is -4.72. The van der Waals surface area contributed by atoms with E-state index in [0.717, 1.165) is 33.5 Å². The van der Waals surface area contributed by atoms with Gasteiger partial charge in [-0.2, -0.15) is 20.4 Å². The van der Waals surface area contributed by atoms with Crippen molar-refractivity contribution in [3.8, 4) is 0 Å². The van der Waals surface area contributed by atoms with E-state index in [9.17, 15) is 0 Å². The molecule has 4 aromatic heterocycles. The summed E-state index contributed by atoms with van der Waals surface area (Å²) in [5, 5.41) is 16.3. The zero-order chi connectivity index (χ0) is 35.8. The van der Waals surface area contributed by atoms with Gasteiger partial charge in [-0.1, -0.05) is 110 Å². The van der Waals surface area contributed by atoms with E-state index in [4.69, 9.17) is 0 Å². The van der Waals surface area contributed by atoms with Crippen molar-refractivity contribution in [2.24, 2.45) is 0 Å². The Morgan fingerprint density at radius 1 is 0.458 bits per heavy atom. The summed E-state index contributed by atoms with van der Waals surface area (Å²) in [5.41, 5.74) is 7.13. The summed E-state index contributed by atoms with van der Waals surface area (Å²) in [6, 6.07) is 17.8. The van der Waals surface area contributed by atoms with Crippen molar-refractivity contribution >= 4 is 21.9 Å². The van der Waals surface area contributed by atoms with Crippen LogP contribution in [0.1, 0.15) is 103 Å². The molecule has 6 rings (SSSR count). The van der Waals surface area contributed by atoms with Crippen LogP contribution in [0.25, 0.3) is 21.9 Å². The highest BCUT2D eigenvalue weighted by atomic mass is 15.1. The van der Waals surface area contributed by atoms with Gasteiger partial charge >= 0.3 is 0 Å². The number of para-hydroxylation sites is 2. The lowest BCUT2D eigenvalue weighted by Crippen LogP contribution is -1.85. The molecule has 0 spiro atoms. The van der Waals surface area contributed by atoms with Gasteiger partial charge < -0.3 is 0 Å². The van der Waals surface area contributed by atoms with Crippen LogP contribution in [0.15, 0.2) is 98.0 Å². The zero-order valence-corrected chi connectivity index (χ0v) is 31.1. The molecule has 0 N–H and O–H groups in total. The lowest BCUT2D eigenvalue weighted by molar-refractivity contribution is 0.886. The number of hydrogen-bond donors (Lipinski definition) is 0. The molecule has 2 aromatic carbocycles. The minimum atomic E-state index is 0.957. The van der Waals surface area contributed by atoms with E-state index in [1.165, 1.54) is 49.5 Å². The van der Waals surface area contributed by atoms with E-state index in [1.54, 1.807) is 43.4 Å². The van der Waals surface area contributed by atoms with Crippen LogP contribution in [-0.4, -0.2) is 40.3 Å². The highest BCUT2D eigenvalue weighted by Gasteiger charge is 1.95. The predicted molar refractivity (Wildman–Crippen MR) is 204 cm³/mol. The van der Waals surface area contributed by atoms with E-state index in [-0.39, 0.29) is 0 Å². The normalized spacial score (nSPS) is 9.12. The van der Waals surface area contributed by atoms with Crippen LogP contribution in [0.5, 0.6) is 0 Å². The fourth-order valence-electron chi connectivity index (χ4n) is 2.92. The molecule has 0 unspecified atom stereocenters. The van der Waals surface area contributed by atoms with Crippen molar-refractivity contribution in [1.82, 2.24) is 40.3 Å². The number of fused-ring (bicyclic) bond motifs is 2. The lowest BCUT2D eigenvalue weighted by atomic mass is 10.1. The number of unbranched alkanes of at least 4 members (excludes halogenated alkanes) is 3. The maximum atomic E-state index is 4.31. The Labute approximate surface area is 290 Å². The molecule has 48 heavy (non-hydrogen) atoms. The molecule has 0 aliphatic carbocycles. The second-order valence-electron chi connectivity index (χ2n) is 10.8. The van der Waals surface area contributed by atoms with E-state index < -0.39 is 0 Å². The average Bonchev–Trinajstić information content (AvgIpc) is 3.13. The maximum Gasteiger partial charge on any atom is 0.0932 e. The zero-order valence-electron chi connectivity index (χ0n) is 31.1. The summed E-state index contributed by atoms with van der Waals surface area (Å²) in [7, 11) is 0. The topological polar surface area (TPSA) is 103 Å². The smallest absolute Gasteiger partial charge is 0.0932 e. The summed E-state index contributed by atoms with van der Waals surface area (Å²) in [6.45, 7) is 21.0. The molecule has 0 bridgehead atoms. The second-order valence-corrected chi connectivity index (χ2v) is 10.8. The van der Waals surface area contributed by atoms with Crippen LogP contribution in [0.2, 0.25) is 0 Å². The van der Waals surface area contributed by atoms with Gasteiger partial charge in [0.15, 0.2) is 0 Å². The first kappa shape index (κ1) is 43.3. The van der Waals surface area contributed by atoms with Gasteiger partial charge in [-0.05, 0) is 63.1 Å². The Kier molecular flexibility index (Phi) is 26.7. The lowest BCUT2D eigenvalue weighted by Gasteiger charge is -1.96. The van der Waals surface area contributed by atoms with Gasteiger partial charge in [0.1, 0.15) is 0 Å². The molecule has 258 valence electrons. The standard InChI is InChI=1S/2C9H8N2.2C5H6N2.3C4H10/c1-7-6-10-8-4-2-3-5-9(8)11-7;1-7-6-10-11-9-5-3-2-4-8(7)9;1-5-4-6-2-3-7-5;1-5-2-3-6-7-4-5;3*1-3-4-2/h2*2-6H,1H3;2*2-4H,1H3;3*3-4H2,1-2H3. The van der Waals surface area contributed by atoms with Crippen LogP contribution in [0, 0.1) is 27.7 Å². The Morgan fingerprint density at radius 3 is 1.48 bits per heavy atom. The van der Waals surface area contributed by atoms with E-state index in [0.29, 0.717) is 0 Å². The molecular weight excluding hydrogens is 592 g/mol. The van der Waals surface area contributed by atoms with Gasteiger partial charge in [-0.3, -0.25) is 15.0 Å². The molecule has 6 aromatic rings. The third kappa shape index (κ3) is 21.9. The Balaban J connectivity index is 0.000000561. The minimum Gasteiger partial charge on any atom is -0.261 e. The third-order valence-corrected chi connectivity index (χ3v) is 6.24. The fraction of sp³-hybridized carbons (Fsp3) is 0.400. The Morgan fingerprint density at radius 2 is 1.04 bits per heavy atom. The van der Waals surface area contributed by atoms with Crippen molar-refractivity contribution in [3.63, 3.8) is 0 Å². The molecule has 0 saturated heterocycles. The van der Waals surface area contributed by atoms with Crippen LogP contribution >= 0.6 is 0 Å². The summed E-state index contributed by atoms with van der Waals surface area (Å²) >= 11 is 0. The highest BCUT2D eigenvalue weighted by Crippen LogP contribution is 2.12. The second kappa shape index (κ2) is 29.7. The quantitative estimate of drug-likeness (QED) is 0.186. The molecule has 4 heterocycles. The van der Waals surface area contributed by atoms with E-state index >= 15 is 0 Å². The summed E-state index contributed by atoms with van der Waals surface area (Å²) in [4.78, 5) is 16.3. The number of benzene rings is 2. The van der Waals surface area contributed by atoms with Crippen LogP contribution in [-0.2, 0) is 0 Å². The number of aryl methyl sites for hydroxylation is 4. The maximum absolute atomic E-state index is 4.31. The average molecular weight is 651 g/mol. The van der Waals surface area contributed by atoms with Crippen LogP contribution in [0.3, 0.4) is 0 Å². The molecule has 0 fully saturated rings. The summed E-state index contributed by atoms with van der Waals surface area (Å²) in [5.74, 6) is 0. The van der Waals surface area contributed by atoms with Crippen molar-refractivity contribution in [2.45, 2.75) is 108 Å². The minimum absolute atomic E-state index is 0.957. The highest BCUT2D eigenvalue weighted by molar-refractivity contribution is 5.80. The number of nitrogens with zero attached hydrogens (tertiary/aromatic N) is 8. The van der Waals surface area contributed by atoms with E-state index in [1.807, 2.05) is 76.2 Å². The molecule has 0 atom stereocenters. The SMILES string of the molecule is CCCC.CCCC.CCCC.Cc1ccnnc1.Cc1cnc2ccccc2n1.Cc1cnccn1.Cc1cnnc2ccccc12. The number of rotatable bonds is 3. The third-order valence-electron chi connectivity index (χ3n) is 6.24. The van der Waals surface area contributed by atoms with E-state index in [2.05, 4.69) is 87.9 Å². The molecule has 8 heteroatoms. The van der Waals surface area contributed by atoms with Crippen molar-refractivity contribution in [2.75, 3.05) is 0 Å².